The van der Waals surface area contributed by atoms with Crippen LogP contribution >= 0.6 is 0 Å². The number of rotatable bonds is 7. The van der Waals surface area contributed by atoms with Crippen LogP contribution in [0.3, 0.4) is 0 Å². The molecule has 0 saturated heterocycles. The standard InChI is InChI=1S/C22H22N4O3/c1-15(2)29-18-8-6-17(7-9-18)25-22(28)20-5-3-4-19(26-20)21(27)24-14-16-10-12-23-13-11-16/h3-13,15H,14H2,1-2H3,(H,24,27)(H,25,28). The summed E-state index contributed by atoms with van der Waals surface area (Å²) in [4.78, 5) is 32.9. The zero-order valence-corrected chi connectivity index (χ0v) is 16.3. The van der Waals surface area contributed by atoms with E-state index in [1.807, 2.05) is 26.0 Å². The van der Waals surface area contributed by atoms with Gasteiger partial charge in [-0.3, -0.25) is 14.6 Å². The molecule has 148 valence electrons. The van der Waals surface area contributed by atoms with Crippen molar-refractivity contribution in [3.8, 4) is 5.75 Å². The lowest BCUT2D eigenvalue weighted by atomic mass is 10.2. The van der Waals surface area contributed by atoms with Crippen molar-refractivity contribution in [3.63, 3.8) is 0 Å². The Balaban J connectivity index is 1.62. The molecule has 3 rings (SSSR count). The van der Waals surface area contributed by atoms with Gasteiger partial charge in [0.15, 0.2) is 0 Å². The summed E-state index contributed by atoms with van der Waals surface area (Å²) in [5, 5.41) is 5.55. The lowest BCUT2D eigenvalue weighted by Crippen LogP contribution is -2.25. The van der Waals surface area contributed by atoms with Gasteiger partial charge in [-0.2, -0.15) is 0 Å². The minimum Gasteiger partial charge on any atom is -0.491 e. The fourth-order valence-electron chi connectivity index (χ4n) is 2.55. The van der Waals surface area contributed by atoms with E-state index in [9.17, 15) is 9.59 Å². The second-order valence-electron chi connectivity index (χ2n) is 6.59. The first-order chi connectivity index (χ1) is 14.0. The molecule has 0 radical (unpaired) electrons. The van der Waals surface area contributed by atoms with Gasteiger partial charge in [-0.1, -0.05) is 6.07 Å². The minimum absolute atomic E-state index is 0.0760. The quantitative estimate of drug-likeness (QED) is 0.645. The number of ether oxygens (including phenoxy) is 1. The van der Waals surface area contributed by atoms with Crippen molar-refractivity contribution in [2.75, 3.05) is 5.32 Å². The lowest BCUT2D eigenvalue weighted by Gasteiger charge is -2.11. The van der Waals surface area contributed by atoms with Gasteiger partial charge < -0.3 is 15.4 Å². The maximum absolute atomic E-state index is 12.5. The molecule has 0 fully saturated rings. The summed E-state index contributed by atoms with van der Waals surface area (Å²) in [6, 6.07) is 15.5. The Morgan fingerprint density at radius 3 is 2.24 bits per heavy atom. The van der Waals surface area contributed by atoms with Gasteiger partial charge in [0.25, 0.3) is 11.8 Å². The van der Waals surface area contributed by atoms with Crippen LogP contribution in [-0.4, -0.2) is 27.9 Å². The monoisotopic (exact) mass is 390 g/mol. The van der Waals surface area contributed by atoms with Crippen molar-refractivity contribution < 1.29 is 14.3 Å². The van der Waals surface area contributed by atoms with E-state index in [1.54, 1.807) is 54.9 Å². The first-order valence-electron chi connectivity index (χ1n) is 9.23. The van der Waals surface area contributed by atoms with Crippen LogP contribution in [0.4, 0.5) is 5.69 Å². The predicted molar refractivity (Wildman–Crippen MR) is 110 cm³/mol. The van der Waals surface area contributed by atoms with E-state index >= 15 is 0 Å². The first kappa shape index (κ1) is 20.0. The average molecular weight is 390 g/mol. The van der Waals surface area contributed by atoms with Crippen LogP contribution in [0.2, 0.25) is 0 Å². The molecule has 7 nitrogen and oxygen atoms in total. The Morgan fingerprint density at radius 1 is 0.931 bits per heavy atom. The highest BCUT2D eigenvalue weighted by molar-refractivity contribution is 6.03. The third kappa shape index (κ3) is 5.87. The molecule has 0 spiro atoms. The number of hydrogen-bond acceptors (Lipinski definition) is 5. The number of aromatic nitrogens is 2. The Bertz CT molecular complexity index is 973. The zero-order valence-electron chi connectivity index (χ0n) is 16.3. The molecule has 2 N–H and O–H groups in total. The fourth-order valence-corrected chi connectivity index (χ4v) is 2.55. The molecule has 2 heterocycles. The molecule has 2 aromatic heterocycles. The summed E-state index contributed by atoms with van der Waals surface area (Å²) >= 11 is 0. The number of benzene rings is 1. The van der Waals surface area contributed by atoms with Crippen LogP contribution in [0.25, 0.3) is 0 Å². The van der Waals surface area contributed by atoms with Gasteiger partial charge in [-0.15, -0.1) is 0 Å². The smallest absolute Gasteiger partial charge is 0.274 e. The summed E-state index contributed by atoms with van der Waals surface area (Å²) in [6.07, 6.45) is 3.39. The summed E-state index contributed by atoms with van der Waals surface area (Å²) in [7, 11) is 0. The number of anilines is 1. The SMILES string of the molecule is CC(C)Oc1ccc(NC(=O)c2cccc(C(=O)NCc3ccncc3)n2)cc1. The molecule has 0 aliphatic rings. The van der Waals surface area contributed by atoms with E-state index in [-0.39, 0.29) is 23.4 Å². The highest BCUT2D eigenvalue weighted by Gasteiger charge is 2.13. The second kappa shape index (κ2) is 9.45. The normalized spacial score (nSPS) is 10.4. The number of carbonyl (C=O) groups excluding carboxylic acids is 2. The van der Waals surface area contributed by atoms with Crippen molar-refractivity contribution in [2.24, 2.45) is 0 Å². The second-order valence-corrected chi connectivity index (χ2v) is 6.59. The maximum atomic E-state index is 12.5. The van der Waals surface area contributed by atoms with Gasteiger partial charge in [-0.25, -0.2) is 4.98 Å². The fraction of sp³-hybridized carbons (Fsp3) is 0.182. The number of carbonyl (C=O) groups is 2. The Morgan fingerprint density at radius 2 is 1.59 bits per heavy atom. The molecule has 0 bridgehead atoms. The van der Waals surface area contributed by atoms with E-state index in [1.165, 1.54) is 0 Å². The highest BCUT2D eigenvalue weighted by Crippen LogP contribution is 2.17. The third-order valence-electron chi connectivity index (χ3n) is 3.90. The molecular weight excluding hydrogens is 368 g/mol. The third-order valence-corrected chi connectivity index (χ3v) is 3.90. The van der Waals surface area contributed by atoms with Crippen LogP contribution in [0.5, 0.6) is 5.75 Å². The van der Waals surface area contributed by atoms with Crippen molar-refractivity contribution in [1.82, 2.24) is 15.3 Å². The summed E-state index contributed by atoms with van der Waals surface area (Å²) in [6.45, 7) is 4.24. The van der Waals surface area contributed by atoms with Crippen molar-refractivity contribution in [1.29, 1.82) is 0 Å². The van der Waals surface area contributed by atoms with Crippen molar-refractivity contribution in [2.45, 2.75) is 26.5 Å². The molecule has 0 aliphatic carbocycles. The molecule has 0 atom stereocenters. The first-order valence-corrected chi connectivity index (χ1v) is 9.23. The predicted octanol–water partition coefficient (Wildman–Crippen LogP) is 3.45. The van der Waals surface area contributed by atoms with E-state index in [4.69, 9.17) is 4.74 Å². The van der Waals surface area contributed by atoms with E-state index in [0.717, 1.165) is 11.3 Å². The highest BCUT2D eigenvalue weighted by atomic mass is 16.5. The zero-order chi connectivity index (χ0) is 20.6. The molecule has 7 heteroatoms. The Hall–Kier alpha value is -3.74. The molecule has 0 saturated carbocycles. The van der Waals surface area contributed by atoms with Gasteiger partial charge >= 0.3 is 0 Å². The van der Waals surface area contributed by atoms with Gasteiger partial charge in [-0.05, 0) is 67.9 Å². The molecule has 3 aromatic rings. The van der Waals surface area contributed by atoms with E-state index in [0.29, 0.717) is 12.2 Å². The number of amides is 2. The summed E-state index contributed by atoms with van der Waals surface area (Å²) in [5.41, 5.74) is 1.86. The Kier molecular flexibility index (Phi) is 6.52. The van der Waals surface area contributed by atoms with Crippen LogP contribution < -0.4 is 15.4 Å². The Labute approximate surface area is 169 Å². The largest absolute Gasteiger partial charge is 0.491 e. The molecule has 29 heavy (non-hydrogen) atoms. The topological polar surface area (TPSA) is 93.2 Å². The van der Waals surface area contributed by atoms with Crippen LogP contribution in [0, 0.1) is 0 Å². The van der Waals surface area contributed by atoms with Crippen LogP contribution in [-0.2, 0) is 6.54 Å². The molecular formula is C22H22N4O3. The van der Waals surface area contributed by atoms with Crippen LogP contribution in [0.15, 0.2) is 67.0 Å². The molecule has 2 amide bonds. The van der Waals surface area contributed by atoms with Crippen LogP contribution in [0.1, 0.15) is 40.4 Å². The van der Waals surface area contributed by atoms with Gasteiger partial charge in [0.2, 0.25) is 0 Å². The summed E-state index contributed by atoms with van der Waals surface area (Å²) < 4.78 is 5.58. The van der Waals surface area contributed by atoms with E-state index < -0.39 is 5.91 Å². The number of pyridine rings is 2. The number of nitrogens with zero attached hydrogens (tertiary/aromatic N) is 2. The van der Waals surface area contributed by atoms with E-state index in [2.05, 4.69) is 20.6 Å². The lowest BCUT2D eigenvalue weighted by molar-refractivity contribution is 0.0945. The van der Waals surface area contributed by atoms with Crippen molar-refractivity contribution in [3.05, 3.63) is 83.9 Å². The molecule has 0 unspecified atom stereocenters. The number of nitrogens with one attached hydrogen (secondary N) is 2. The molecule has 0 aliphatic heterocycles. The maximum Gasteiger partial charge on any atom is 0.274 e. The summed E-state index contributed by atoms with van der Waals surface area (Å²) in [5.74, 6) is -0.0260. The minimum atomic E-state index is -0.397. The van der Waals surface area contributed by atoms with Gasteiger partial charge in [0.1, 0.15) is 17.1 Å². The average Bonchev–Trinajstić information content (AvgIpc) is 2.74. The van der Waals surface area contributed by atoms with Gasteiger partial charge in [0, 0.05) is 24.6 Å². The van der Waals surface area contributed by atoms with Crippen molar-refractivity contribution >= 4 is 17.5 Å². The number of hydrogen-bond donors (Lipinski definition) is 2. The van der Waals surface area contributed by atoms with Gasteiger partial charge in [0.05, 0.1) is 6.10 Å². The molecule has 1 aromatic carbocycles.